The second-order valence-corrected chi connectivity index (χ2v) is 8.55. The van der Waals surface area contributed by atoms with Gasteiger partial charge in [0, 0.05) is 6.61 Å². The highest BCUT2D eigenvalue weighted by Gasteiger charge is 2.37. The maximum Gasteiger partial charge on any atom is 0.0699 e. The van der Waals surface area contributed by atoms with Gasteiger partial charge in [-0.1, -0.05) is 43.4 Å². The molecule has 1 aromatic rings. The van der Waals surface area contributed by atoms with Crippen LogP contribution in [0.5, 0.6) is 0 Å². The molecular formula is C14H22OSi. The van der Waals surface area contributed by atoms with E-state index in [4.69, 9.17) is 4.74 Å². The van der Waals surface area contributed by atoms with E-state index in [1.54, 1.807) is 0 Å². The van der Waals surface area contributed by atoms with Gasteiger partial charge in [-0.15, -0.1) is 0 Å². The summed E-state index contributed by atoms with van der Waals surface area (Å²) in [5, 5.41) is 0.222. The van der Waals surface area contributed by atoms with Crippen molar-refractivity contribution in [1.29, 1.82) is 0 Å². The van der Waals surface area contributed by atoms with Crippen molar-refractivity contribution in [3.63, 3.8) is 0 Å². The molecular weight excluding hydrogens is 212 g/mol. The van der Waals surface area contributed by atoms with Gasteiger partial charge in [0.1, 0.15) is 0 Å². The van der Waals surface area contributed by atoms with E-state index in [1.165, 1.54) is 24.8 Å². The molecule has 1 aliphatic heterocycles. The summed E-state index contributed by atoms with van der Waals surface area (Å²) in [4.78, 5) is 0. The first-order chi connectivity index (χ1) is 7.73. The van der Waals surface area contributed by atoms with Gasteiger partial charge in [-0.05, 0) is 31.2 Å². The van der Waals surface area contributed by atoms with Crippen molar-refractivity contribution in [2.75, 3.05) is 6.61 Å². The molecule has 1 heterocycles. The Balaban J connectivity index is 2.14. The van der Waals surface area contributed by atoms with E-state index in [-0.39, 0.29) is 5.22 Å². The van der Waals surface area contributed by atoms with Crippen molar-refractivity contribution < 1.29 is 4.74 Å². The van der Waals surface area contributed by atoms with Crippen molar-refractivity contribution in [3.8, 4) is 0 Å². The maximum atomic E-state index is 6.19. The fourth-order valence-corrected chi connectivity index (χ4v) is 4.49. The Morgan fingerprint density at radius 1 is 1.19 bits per heavy atom. The molecule has 1 saturated heterocycles. The molecule has 88 valence electrons. The van der Waals surface area contributed by atoms with E-state index in [9.17, 15) is 0 Å². The Labute approximate surface area is 100 Å². The smallest absolute Gasteiger partial charge is 0.0699 e. The van der Waals surface area contributed by atoms with Gasteiger partial charge in [-0.2, -0.15) is 0 Å². The van der Waals surface area contributed by atoms with Crippen LogP contribution in [-0.4, -0.2) is 20.6 Å². The Kier molecular flexibility index (Phi) is 3.82. The predicted octanol–water partition coefficient (Wildman–Crippen LogP) is 3.19. The number of benzene rings is 1. The van der Waals surface area contributed by atoms with E-state index >= 15 is 0 Å². The summed E-state index contributed by atoms with van der Waals surface area (Å²) >= 11 is 0. The van der Waals surface area contributed by atoms with E-state index in [0.717, 1.165) is 13.0 Å². The van der Waals surface area contributed by atoms with Crippen LogP contribution in [0.15, 0.2) is 30.3 Å². The van der Waals surface area contributed by atoms with Crippen molar-refractivity contribution in [3.05, 3.63) is 35.9 Å². The first kappa shape index (κ1) is 11.9. The van der Waals surface area contributed by atoms with Crippen LogP contribution >= 0.6 is 0 Å². The lowest BCUT2D eigenvalue weighted by atomic mass is 10.0. The minimum atomic E-state index is -0.780. The lowest BCUT2D eigenvalue weighted by molar-refractivity contribution is -0.0220. The maximum absolute atomic E-state index is 6.19. The molecule has 0 radical (unpaired) electrons. The van der Waals surface area contributed by atoms with Crippen molar-refractivity contribution >= 4 is 8.80 Å². The zero-order chi connectivity index (χ0) is 11.4. The minimum absolute atomic E-state index is 0.222. The summed E-state index contributed by atoms with van der Waals surface area (Å²) in [7, 11) is -0.780. The molecule has 1 atom stereocenters. The van der Waals surface area contributed by atoms with Gasteiger partial charge in [0.2, 0.25) is 0 Å². The lowest BCUT2D eigenvalue weighted by Gasteiger charge is -2.40. The van der Waals surface area contributed by atoms with Crippen LogP contribution in [0.1, 0.15) is 24.8 Å². The third-order valence-electron chi connectivity index (χ3n) is 3.78. The molecule has 16 heavy (non-hydrogen) atoms. The summed E-state index contributed by atoms with van der Waals surface area (Å²) in [5.41, 5.74) is 1.44. The van der Waals surface area contributed by atoms with E-state index < -0.39 is 8.80 Å². The van der Waals surface area contributed by atoms with Crippen LogP contribution in [0.3, 0.4) is 0 Å². The van der Waals surface area contributed by atoms with Crippen LogP contribution in [0, 0.1) is 0 Å². The van der Waals surface area contributed by atoms with Gasteiger partial charge in [-0.25, -0.2) is 0 Å². The molecule has 0 spiro atoms. The molecule has 1 aromatic carbocycles. The van der Waals surface area contributed by atoms with E-state index in [0.29, 0.717) is 0 Å². The predicted molar refractivity (Wildman–Crippen MR) is 71.6 cm³/mol. The minimum Gasteiger partial charge on any atom is -0.379 e. The highest BCUT2D eigenvalue weighted by atomic mass is 28.3. The van der Waals surface area contributed by atoms with Crippen LogP contribution in [-0.2, 0) is 11.2 Å². The Morgan fingerprint density at radius 2 is 1.94 bits per heavy atom. The monoisotopic (exact) mass is 234 g/mol. The topological polar surface area (TPSA) is 9.23 Å². The molecule has 2 heteroatoms. The summed E-state index contributed by atoms with van der Waals surface area (Å²) < 4.78 is 6.19. The molecule has 0 bridgehead atoms. The third-order valence-corrected chi connectivity index (χ3v) is 6.55. The molecule has 0 N–H and O–H groups in total. The highest BCUT2D eigenvalue weighted by molar-refractivity contribution is 6.59. The van der Waals surface area contributed by atoms with Gasteiger partial charge in [0.15, 0.2) is 0 Å². The quantitative estimate of drug-likeness (QED) is 0.730. The Morgan fingerprint density at radius 3 is 2.50 bits per heavy atom. The van der Waals surface area contributed by atoms with Gasteiger partial charge < -0.3 is 4.74 Å². The molecule has 2 rings (SSSR count). The lowest BCUT2D eigenvalue weighted by Crippen LogP contribution is -2.49. The first-order valence-corrected chi connectivity index (χ1v) is 9.29. The van der Waals surface area contributed by atoms with Crippen molar-refractivity contribution in [2.24, 2.45) is 0 Å². The standard InChI is InChI=1S/C14H22OSi/c1-16(2)14(10-6-7-11-15-14)12-13-8-4-3-5-9-13/h3-5,8-9,16H,6-7,10-12H2,1-2H3. The number of hydrogen-bond acceptors (Lipinski definition) is 1. The molecule has 1 nitrogen and oxygen atoms in total. The second-order valence-electron chi connectivity index (χ2n) is 5.19. The highest BCUT2D eigenvalue weighted by Crippen LogP contribution is 2.31. The van der Waals surface area contributed by atoms with Crippen LogP contribution in [0.2, 0.25) is 13.1 Å². The average molecular weight is 234 g/mol. The number of rotatable bonds is 3. The van der Waals surface area contributed by atoms with E-state index in [1.807, 2.05) is 0 Å². The molecule has 1 fully saturated rings. The average Bonchev–Trinajstić information content (AvgIpc) is 2.31. The fraction of sp³-hybridized carbons (Fsp3) is 0.571. The van der Waals surface area contributed by atoms with Gasteiger partial charge >= 0.3 is 0 Å². The van der Waals surface area contributed by atoms with Gasteiger partial charge in [0.25, 0.3) is 0 Å². The largest absolute Gasteiger partial charge is 0.379 e. The summed E-state index contributed by atoms with van der Waals surface area (Å²) in [6.07, 6.45) is 4.99. The molecule has 1 aliphatic rings. The van der Waals surface area contributed by atoms with Crippen molar-refractivity contribution in [2.45, 2.75) is 44.0 Å². The fourth-order valence-electron chi connectivity index (χ4n) is 2.61. The zero-order valence-corrected chi connectivity index (χ0v) is 11.6. The first-order valence-electron chi connectivity index (χ1n) is 6.41. The molecule has 0 amide bonds. The summed E-state index contributed by atoms with van der Waals surface area (Å²) in [6.45, 7) is 5.82. The summed E-state index contributed by atoms with van der Waals surface area (Å²) in [6, 6.07) is 10.8. The molecule has 1 unspecified atom stereocenters. The third kappa shape index (κ3) is 2.55. The van der Waals surface area contributed by atoms with Crippen LogP contribution < -0.4 is 0 Å². The number of ether oxygens (including phenoxy) is 1. The number of hydrogen-bond donors (Lipinski definition) is 0. The summed E-state index contributed by atoms with van der Waals surface area (Å²) in [5.74, 6) is 0. The molecule has 0 aliphatic carbocycles. The van der Waals surface area contributed by atoms with Crippen LogP contribution in [0.4, 0.5) is 0 Å². The van der Waals surface area contributed by atoms with Gasteiger partial charge in [0.05, 0.1) is 14.0 Å². The Bertz CT molecular complexity index is 315. The normalized spacial score (nSPS) is 25.9. The van der Waals surface area contributed by atoms with E-state index in [2.05, 4.69) is 43.4 Å². The Hall–Kier alpha value is -0.603. The zero-order valence-electron chi connectivity index (χ0n) is 10.4. The second kappa shape index (κ2) is 5.15. The molecule has 0 aromatic heterocycles. The van der Waals surface area contributed by atoms with Crippen LogP contribution in [0.25, 0.3) is 0 Å². The van der Waals surface area contributed by atoms with Crippen molar-refractivity contribution in [1.82, 2.24) is 0 Å². The SMILES string of the molecule is C[SiH](C)C1(Cc2ccccc2)CCCCO1. The molecule has 0 saturated carbocycles. The van der Waals surface area contributed by atoms with Gasteiger partial charge in [-0.3, -0.25) is 0 Å².